The van der Waals surface area contributed by atoms with Gasteiger partial charge in [0, 0.05) is 11.1 Å². The summed E-state index contributed by atoms with van der Waals surface area (Å²) >= 11 is 0. The van der Waals surface area contributed by atoms with Crippen molar-refractivity contribution < 1.29 is 14.3 Å². The minimum atomic E-state index is 0.00148. The molecule has 0 radical (unpaired) electrons. The molecule has 14 heavy (non-hydrogen) atoms. The lowest BCUT2D eigenvalue weighted by Crippen LogP contribution is -1.98. The molecule has 0 heterocycles. The van der Waals surface area contributed by atoms with Crippen molar-refractivity contribution in [1.29, 1.82) is 0 Å². The highest BCUT2D eigenvalue weighted by Gasteiger charge is 2.10. The number of Topliss-reactive ketones (excluding diaryl/α,β-unsaturated/α-hetero) is 1. The van der Waals surface area contributed by atoms with Crippen molar-refractivity contribution in [1.82, 2.24) is 0 Å². The van der Waals surface area contributed by atoms with Gasteiger partial charge in [0.25, 0.3) is 0 Å². The van der Waals surface area contributed by atoms with Gasteiger partial charge < -0.3 is 9.47 Å². The Hall–Kier alpha value is -1.51. The van der Waals surface area contributed by atoms with Crippen molar-refractivity contribution >= 4 is 5.78 Å². The van der Waals surface area contributed by atoms with E-state index in [0.29, 0.717) is 17.1 Å². The minimum Gasteiger partial charge on any atom is -0.496 e. The molecule has 0 amide bonds. The second-order valence-electron chi connectivity index (χ2n) is 3.06. The molecule has 1 rings (SSSR count). The molecule has 1 aromatic rings. The van der Waals surface area contributed by atoms with E-state index in [9.17, 15) is 4.79 Å². The largest absolute Gasteiger partial charge is 0.496 e. The van der Waals surface area contributed by atoms with Gasteiger partial charge in [0.15, 0.2) is 5.78 Å². The van der Waals surface area contributed by atoms with Gasteiger partial charge in [-0.1, -0.05) is 0 Å². The highest BCUT2D eigenvalue weighted by molar-refractivity contribution is 5.95. The molecule has 0 unspecified atom stereocenters. The second kappa shape index (κ2) is 4.13. The third-order valence-corrected chi connectivity index (χ3v) is 2.16. The van der Waals surface area contributed by atoms with Crippen LogP contribution in [-0.2, 0) is 0 Å². The van der Waals surface area contributed by atoms with Gasteiger partial charge in [-0.2, -0.15) is 0 Å². The van der Waals surface area contributed by atoms with Crippen LogP contribution < -0.4 is 9.47 Å². The number of ketones is 1. The molecule has 0 aromatic heterocycles. The van der Waals surface area contributed by atoms with E-state index in [-0.39, 0.29) is 5.78 Å². The third kappa shape index (κ3) is 1.87. The Morgan fingerprint density at radius 2 is 1.57 bits per heavy atom. The van der Waals surface area contributed by atoms with E-state index in [1.54, 1.807) is 26.4 Å². The van der Waals surface area contributed by atoms with E-state index in [2.05, 4.69) is 0 Å². The Morgan fingerprint density at radius 3 is 1.86 bits per heavy atom. The summed E-state index contributed by atoms with van der Waals surface area (Å²) in [6, 6.07) is 3.44. The van der Waals surface area contributed by atoms with E-state index in [4.69, 9.17) is 9.47 Å². The topological polar surface area (TPSA) is 35.5 Å². The monoisotopic (exact) mass is 194 g/mol. The van der Waals surface area contributed by atoms with Crippen LogP contribution in [-0.4, -0.2) is 20.0 Å². The Morgan fingerprint density at radius 1 is 1.14 bits per heavy atom. The van der Waals surface area contributed by atoms with Crippen molar-refractivity contribution in [2.45, 2.75) is 13.8 Å². The molecule has 0 fully saturated rings. The second-order valence-corrected chi connectivity index (χ2v) is 3.06. The van der Waals surface area contributed by atoms with E-state index in [0.717, 1.165) is 5.56 Å². The Bertz CT molecular complexity index is 331. The number of methoxy groups -OCH3 is 2. The molecule has 0 N–H and O–H groups in total. The Kier molecular flexibility index (Phi) is 3.12. The van der Waals surface area contributed by atoms with Crippen molar-refractivity contribution in [3.05, 3.63) is 23.3 Å². The molecule has 3 nitrogen and oxygen atoms in total. The molecular weight excluding hydrogens is 180 g/mol. The van der Waals surface area contributed by atoms with E-state index in [1.807, 2.05) is 6.92 Å². The van der Waals surface area contributed by atoms with Crippen LogP contribution in [0.4, 0.5) is 0 Å². The fraction of sp³-hybridized carbons (Fsp3) is 0.364. The third-order valence-electron chi connectivity index (χ3n) is 2.16. The first-order valence-corrected chi connectivity index (χ1v) is 4.33. The van der Waals surface area contributed by atoms with Gasteiger partial charge in [-0.25, -0.2) is 0 Å². The van der Waals surface area contributed by atoms with Gasteiger partial charge in [-0.15, -0.1) is 0 Å². The highest BCUT2D eigenvalue weighted by atomic mass is 16.5. The molecule has 0 aliphatic heterocycles. The first-order chi connectivity index (χ1) is 6.60. The molecule has 1 aromatic carbocycles. The molecule has 0 saturated carbocycles. The maximum absolute atomic E-state index is 11.2. The van der Waals surface area contributed by atoms with E-state index >= 15 is 0 Å². The number of hydrogen-bond acceptors (Lipinski definition) is 3. The number of hydrogen-bond donors (Lipinski definition) is 0. The standard InChI is InChI=1S/C11H14O3/c1-7-10(13-3)5-9(8(2)12)6-11(7)14-4/h5-6H,1-4H3. The molecule has 0 bridgehead atoms. The first-order valence-electron chi connectivity index (χ1n) is 4.33. The molecule has 0 aliphatic rings. The van der Waals surface area contributed by atoms with Gasteiger partial charge >= 0.3 is 0 Å². The van der Waals surface area contributed by atoms with Crippen molar-refractivity contribution in [2.24, 2.45) is 0 Å². The average molecular weight is 194 g/mol. The van der Waals surface area contributed by atoms with Crippen LogP contribution >= 0.6 is 0 Å². The average Bonchev–Trinajstić information content (AvgIpc) is 2.17. The Balaban J connectivity index is 3.32. The van der Waals surface area contributed by atoms with Crippen LogP contribution in [0.2, 0.25) is 0 Å². The van der Waals surface area contributed by atoms with Crippen molar-refractivity contribution in [3.63, 3.8) is 0 Å². The molecule has 76 valence electrons. The summed E-state index contributed by atoms with van der Waals surface area (Å²) in [6.07, 6.45) is 0. The smallest absolute Gasteiger partial charge is 0.160 e. The summed E-state index contributed by atoms with van der Waals surface area (Å²) in [6.45, 7) is 3.41. The maximum Gasteiger partial charge on any atom is 0.160 e. The summed E-state index contributed by atoms with van der Waals surface area (Å²) < 4.78 is 10.3. The summed E-state index contributed by atoms with van der Waals surface area (Å²) in [5.74, 6) is 1.35. The van der Waals surface area contributed by atoms with Gasteiger partial charge in [-0.05, 0) is 26.0 Å². The number of benzene rings is 1. The highest BCUT2D eigenvalue weighted by Crippen LogP contribution is 2.29. The SMILES string of the molecule is COc1cc(C(C)=O)cc(OC)c1C. The Labute approximate surface area is 83.6 Å². The fourth-order valence-electron chi connectivity index (χ4n) is 1.29. The lowest BCUT2D eigenvalue weighted by atomic mass is 10.1. The maximum atomic E-state index is 11.2. The summed E-state index contributed by atoms with van der Waals surface area (Å²) in [4.78, 5) is 11.2. The number of carbonyl (C=O) groups is 1. The summed E-state index contributed by atoms with van der Waals surface area (Å²) in [7, 11) is 3.15. The lowest BCUT2D eigenvalue weighted by Gasteiger charge is -2.11. The van der Waals surface area contributed by atoms with Crippen LogP contribution in [0.1, 0.15) is 22.8 Å². The predicted molar refractivity (Wildman–Crippen MR) is 54.3 cm³/mol. The zero-order valence-corrected chi connectivity index (χ0v) is 8.88. The summed E-state index contributed by atoms with van der Waals surface area (Å²) in [5.41, 5.74) is 1.50. The molecule has 0 spiro atoms. The number of carbonyl (C=O) groups excluding carboxylic acids is 1. The summed E-state index contributed by atoms with van der Waals surface area (Å²) in [5, 5.41) is 0. The zero-order chi connectivity index (χ0) is 10.7. The first kappa shape index (κ1) is 10.6. The number of rotatable bonds is 3. The fourth-order valence-corrected chi connectivity index (χ4v) is 1.29. The van der Waals surface area contributed by atoms with Crippen LogP contribution in [0.5, 0.6) is 11.5 Å². The van der Waals surface area contributed by atoms with Crippen LogP contribution in [0, 0.1) is 6.92 Å². The van der Waals surface area contributed by atoms with Gasteiger partial charge in [0.05, 0.1) is 14.2 Å². The molecule has 0 aliphatic carbocycles. The van der Waals surface area contributed by atoms with Crippen LogP contribution in [0.25, 0.3) is 0 Å². The lowest BCUT2D eigenvalue weighted by molar-refractivity contribution is 0.101. The van der Waals surface area contributed by atoms with E-state index in [1.165, 1.54) is 6.92 Å². The molecule has 3 heteroatoms. The van der Waals surface area contributed by atoms with Gasteiger partial charge in [0.2, 0.25) is 0 Å². The molecule has 0 atom stereocenters. The van der Waals surface area contributed by atoms with Crippen LogP contribution in [0.3, 0.4) is 0 Å². The van der Waals surface area contributed by atoms with Gasteiger partial charge in [0.1, 0.15) is 11.5 Å². The van der Waals surface area contributed by atoms with Crippen LogP contribution in [0.15, 0.2) is 12.1 Å². The predicted octanol–water partition coefficient (Wildman–Crippen LogP) is 2.21. The number of ether oxygens (including phenoxy) is 2. The molecular formula is C11H14O3. The minimum absolute atomic E-state index is 0.00148. The van der Waals surface area contributed by atoms with Crippen molar-refractivity contribution in [3.8, 4) is 11.5 Å². The zero-order valence-electron chi connectivity index (χ0n) is 8.88. The van der Waals surface area contributed by atoms with Gasteiger partial charge in [-0.3, -0.25) is 4.79 Å². The van der Waals surface area contributed by atoms with E-state index < -0.39 is 0 Å². The molecule has 0 saturated heterocycles. The quantitative estimate of drug-likeness (QED) is 0.692. The van der Waals surface area contributed by atoms with Crippen molar-refractivity contribution in [2.75, 3.05) is 14.2 Å². The normalized spacial score (nSPS) is 9.71.